The lowest BCUT2D eigenvalue weighted by atomic mass is 10.2. The first-order valence-electron chi connectivity index (χ1n) is 7.22. The van der Waals surface area contributed by atoms with Crippen LogP contribution in [0.1, 0.15) is 26.3 Å². The van der Waals surface area contributed by atoms with Crippen molar-refractivity contribution in [2.45, 2.75) is 51.6 Å². The predicted molar refractivity (Wildman–Crippen MR) is 73.7 cm³/mol. The van der Waals surface area contributed by atoms with Gasteiger partial charge in [-0.3, -0.25) is 0 Å². The minimum atomic E-state index is -0.574. The Labute approximate surface area is 120 Å². The van der Waals surface area contributed by atoms with Crippen molar-refractivity contribution in [2.24, 2.45) is 0 Å². The first kappa shape index (κ1) is 14.3. The third-order valence-corrected chi connectivity index (χ3v) is 3.94. The van der Waals surface area contributed by atoms with Gasteiger partial charge in [0.05, 0.1) is 38.5 Å². The molecule has 2 saturated heterocycles. The molecule has 3 rings (SSSR count). The summed E-state index contributed by atoms with van der Waals surface area (Å²) in [5, 5.41) is 0. The molecule has 2 fully saturated rings. The molecule has 21 heavy (non-hydrogen) atoms. The lowest BCUT2D eigenvalue weighted by Gasteiger charge is -2.16. The van der Waals surface area contributed by atoms with Gasteiger partial charge in [-0.15, -0.1) is 0 Å². The van der Waals surface area contributed by atoms with Gasteiger partial charge in [0.2, 0.25) is 0 Å². The lowest BCUT2D eigenvalue weighted by Crippen LogP contribution is -2.56. The van der Waals surface area contributed by atoms with Crippen LogP contribution in [0.4, 0.5) is 0 Å². The summed E-state index contributed by atoms with van der Waals surface area (Å²) in [6, 6.07) is -0.261. The number of rotatable bonds is 6. The fourth-order valence-corrected chi connectivity index (χ4v) is 2.28. The molecule has 0 amide bonds. The van der Waals surface area contributed by atoms with Crippen molar-refractivity contribution in [3.05, 3.63) is 31.5 Å². The summed E-state index contributed by atoms with van der Waals surface area (Å²) in [5.41, 5.74) is -1.68. The average molecular weight is 297 g/mol. The molecular weight excluding hydrogens is 278 g/mol. The van der Waals surface area contributed by atoms with E-state index in [1.807, 2.05) is 6.92 Å². The molecule has 1 aromatic rings. The molecule has 3 unspecified atom stereocenters. The van der Waals surface area contributed by atoms with Crippen molar-refractivity contribution in [1.29, 1.82) is 0 Å². The highest BCUT2D eigenvalue weighted by Crippen LogP contribution is 2.11. The van der Waals surface area contributed by atoms with Gasteiger partial charge >= 0.3 is 17.1 Å². The number of aromatic nitrogens is 3. The van der Waals surface area contributed by atoms with Gasteiger partial charge < -0.3 is 9.47 Å². The monoisotopic (exact) mass is 297 g/mol. The summed E-state index contributed by atoms with van der Waals surface area (Å²) in [6.07, 6.45) is 0.417. The van der Waals surface area contributed by atoms with E-state index in [2.05, 4.69) is 0 Å². The second-order valence-corrected chi connectivity index (χ2v) is 5.61. The zero-order chi connectivity index (χ0) is 15.1. The average Bonchev–Trinajstić information content (AvgIpc) is 3.34. The quantitative estimate of drug-likeness (QED) is 0.624. The van der Waals surface area contributed by atoms with Gasteiger partial charge in [-0.1, -0.05) is 6.92 Å². The van der Waals surface area contributed by atoms with Crippen LogP contribution < -0.4 is 17.1 Å². The molecule has 1 aromatic heterocycles. The Morgan fingerprint density at radius 3 is 1.76 bits per heavy atom. The Kier molecular flexibility index (Phi) is 3.58. The third-order valence-electron chi connectivity index (χ3n) is 3.94. The molecule has 0 saturated carbocycles. The molecule has 2 aliphatic heterocycles. The highest BCUT2D eigenvalue weighted by molar-refractivity contribution is 4.86. The molecule has 8 heteroatoms. The maximum absolute atomic E-state index is 12.5. The molecule has 0 radical (unpaired) electrons. The second-order valence-electron chi connectivity index (χ2n) is 5.61. The van der Waals surface area contributed by atoms with Gasteiger partial charge in [0, 0.05) is 6.04 Å². The van der Waals surface area contributed by atoms with E-state index in [1.54, 1.807) is 6.92 Å². The maximum atomic E-state index is 12.5. The van der Waals surface area contributed by atoms with Crippen LogP contribution in [0.5, 0.6) is 0 Å². The van der Waals surface area contributed by atoms with Crippen LogP contribution in [0.3, 0.4) is 0 Å². The topological polar surface area (TPSA) is 91.1 Å². The largest absolute Gasteiger partial charge is 0.371 e. The standard InChI is InChI=1S/C13H19N3O5/c1-3-8(2)16-12(18)14(4-9-6-20-9)11(17)15(13(16)19)5-10-7-21-10/h8-10H,3-7H2,1-2H3. The highest BCUT2D eigenvalue weighted by Gasteiger charge is 2.30. The Balaban J connectivity index is 2.15. The van der Waals surface area contributed by atoms with Crippen LogP contribution >= 0.6 is 0 Å². The van der Waals surface area contributed by atoms with Crippen LogP contribution in [0.25, 0.3) is 0 Å². The normalized spacial score (nSPS) is 24.9. The van der Waals surface area contributed by atoms with E-state index in [0.717, 1.165) is 13.7 Å². The van der Waals surface area contributed by atoms with Crippen molar-refractivity contribution < 1.29 is 9.47 Å². The smallest absolute Gasteiger partial charge is 0.336 e. The van der Waals surface area contributed by atoms with E-state index >= 15 is 0 Å². The fourth-order valence-electron chi connectivity index (χ4n) is 2.28. The van der Waals surface area contributed by atoms with E-state index < -0.39 is 17.1 Å². The van der Waals surface area contributed by atoms with Crippen LogP contribution in [-0.2, 0) is 22.6 Å². The van der Waals surface area contributed by atoms with Gasteiger partial charge in [0.25, 0.3) is 0 Å². The predicted octanol–water partition coefficient (Wildman–Crippen LogP) is -1.06. The van der Waals surface area contributed by atoms with E-state index in [4.69, 9.17) is 9.47 Å². The summed E-state index contributed by atoms with van der Waals surface area (Å²) in [6.45, 7) is 5.16. The summed E-state index contributed by atoms with van der Waals surface area (Å²) >= 11 is 0. The molecule has 116 valence electrons. The molecule has 0 N–H and O–H groups in total. The Hall–Kier alpha value is -1.67. The van der Waals surface area contributed by atoms with Crippen molar-refractivity contribution in [1.82, 2.24) is 13.7 Å². The van der Waals surface area contributed by atoms with Gasteiger partial charge in [0.15, 0.2) is 0 Å². The number of epoxide rings is 2. The Bertz CT molecular complexity index is 656. The SMILES string of the molecule is CCC(C)n1c(=O)n(CC2CO2)c(=O)n(CC2CO2)c1=O. The number of hydrogen-bond donors (Lipinski definition) is 0. The van der Waals surface area contributed by atoms with Crippen molar-refractivity contribution >= 4 is 0 Å². The minimum absolute atomic E-state index is 0.107. The summed E-state index contributed by atoms with van der Waals surface area (Å²) < 4.78 is 13.6. The zero-order valence-electron chi connectivity index (χ0n) is 12.2. The van der Waals surface area contributed by atoms with Crippen LogP contribution in [0.15, 0.2) is 14.4 Å². The molecule has 0 bridgehead atoms. The van der Waals surface area contributed by atoms with Crippen LogP contribution in [0.2, 0.25) is 0 Å². The highest BCUT2D eigenvalue weighted by atomic mass is 16.6. The number of ether oxygens (including phenoxy) is 2. The van der Waals surface area contributed by atoms with Gasteiger partial charge in [-0.25, -0.2) is 28.1 Å². The molecule has 3 heterocycles. The zero-order valence-corrected chi connectivity index (χ0v) is 12.2. The Morgan fingerprint density at radius 2 is 1.43 bits per heavy atom. The molecular formula is C13H19N3O5. The van der Waals surface area contributed by atoms with Crippen molar-refractivity contribution in [3.8, 4) is 0 Å². The van der Waals surface area contributed by atoms with Crippen molar-refractivity contribution in [3.63, 3.8) is 0 Å². The molecule has 3 atom stereocenters. The maximum Gasteiger partial charge on any atom is 0.336 e. The summed E-state index contributed by atoms with van der Waals surface area (Å²) in [7, 11) is 0. The number of hydrogen-bond acceptors (Lipinski definition) is 5. The minimum Gasteiger partial charge on any atom is -0.371 e. The second kappa shape index (κ2) is 5.27. The van der Waals surface area contributed by atoms with Gasteiger partial charge in [-0.2, -0.15) is 0 Å². The van der Waals surface area contributed by atoms with E-state index in [-0.39, 0.29) is 31.3 Å². The lowest BCUT2D eigenvalue weighted by molar-refractivity contribution is 0.330. The molecule has 0 aliphatic carbocycles. The molecule has 2 aliphatic rings. The van der Waals surface area contributed by atoms with E-state index in [9.17, 15) is 14.4 Å². The Morgan fingerprint density at radius 1 is 1.00 bits per heavy atom. The summed E-state index contributed by atoms with van der Waals surface area (Å²) in [5.74, 6) is 0. The van der Waals surface area contributed by atoms with E-state index in [0.29, 0.717) is 19.6 Å². The first-order valence-corrected chi connectivity index (χ1v) is 7.22. The van der Waals surface area contributed by atoms with Crippen LogP contribution in [-0.4, -0.2) is 39.1 Å². The fraction of sp³-hybridized carbons (Fsp3) is 0.769. The molecule has 0 aromatic carbocycles. The molecule has 0 spiro atoms. The summed E-state index contributed by atoms with van der Waals surface area (Å²) in [4.78, 5) is 37.3. The number of nitrogens with zero attached hydrogens (tertiary/aromatic N) is 3. The third kappa shape index (κ3) is 2.73. The van der Waals surface area contributed by atoms with Crippen molar-refractivity contribution in [2.75, 3.05) is 13.2 Å². The molecule has 8 nitrogen and oxygen atoms in total. The van der Waals surface area contributed by atoms with Gasteiger partial charge in [0.1, 0.15) is 0 Å². The van der Waals surface area contributed by atoms with Crippen LogP contribution in [0, 0.1) is 0 Å². The van der Waals surface area contributed by atoms with E-state index in [1.165, 1.54) is 0 Å². The van der Waals surface area contributed by atoms with Gasteiger partial charge in [-0.05, 0) is 13.3 Å². The first-order chi connectivity index (χ1) is 10.0.